The van der Waals surface area contributed by atoms with Crippen molar-refractivity contribution in [3.05, 3.63) is 175 Å². The maximum Gasteiger partial charge on any atom is 0.174 e. The number of thiophene rings is 1. The molecule has 8 aromatic rings. The zero-order valence-electron chi connectivity index (χ0n) is 27.8. The summed E-state index contributed by atoms with van der Waals surface area (Å²) in [5, 5.41) is 0. The number of aromatic nitrogens is 3. The van der Waals surface area contributed by atoms with Gasteiger partial charge in [-0.1, -0.05) is 159 Å². The van der Waals surface area contributed by atoms with Crippen molar-refractivity contribution in [3.8, 4) is 77.3 Å². The molecular formula is C46H33N3S. The van der Waals surface area contributed by atoms with Gasteiger partial charge in [-0.25, -0.2) is 15.0 Å². The molecule has 238 valence electrons. The second-order valence-electron chi connectivity index (χ2n) is 13.3. The second-order valence-corrected chi connectivity index (χ2v) is 14.3. The molecule has 0 aliphatic heterocycles. The average Bonchev–Trinajstić information content (AvgIpc) is 3.70. The fourth-order valence-corrected chi connectivity index (χ4v) is 8.75. The van der Waals surface area contributed by atoms with Crippen LogP contribution >= 0.6 is 11.3 Å². The number of hydrogen-bond donors (Lipinski definition) is 0. The Labute approximate surface area is 296 Å². The first-order chi connectivity index (χ1) is 24.5. The van der Waals surface area contributed by atoms with Crippen LogP contribution in [0.1, 0.15) is 25.0 Å². The minimum absolute atomic E-state index is 0.182. The highest BCUT2D eigenvalue weighted by Gasteiger charge is 2.41. The van der Waals surface area contributed by atoms with Gasteiger partial charge in [-0.15, -0.1) is 11.3 Å². The summed E-state index contributed by atoms with van der Waals surface area (Å²) in [6.07, 6.45) is 0. The summed E-state index contributed by atoms with van der Waals surface area (Å²) < 4.78 is 0. The lowest BCUT2D eigenvalue weighted by molar-refractivity contribution is 0.663. The topological polar surface area (TPSA) is 38.7 Å². The van der Waals surface area contributed by atoms with Crippen LogP contribution in [-0.2, 0) is 5.41 Å². The highest BCUT2D eigenvalue weighted by Crippen LogP contribution is 2.58. The van der Waals surface area contributed by atoms with Gasteiger partial charge in [-0.3, -0.25) is 0 Å². The van der Waals surface area contributed by atoms with Crippen LogP contribution in [0.25, 0.3) is 77.3 Å². The zero-order chi connectivity index (χ0) is 33.7. The predicted molar refractivity (Wildman–Crippen MR) is 208 cm³/mol. The van der Waals surface area contributed by atoms with Crippen LogP contribution < -0.4 is 0 Å². The van der Waals surface area contributed by atoms with E-state index in [1.165, 1.54) is 32.7 Å². The van der Waals surface area contributed by atoms with Gasteiger partial charge in [0.1, 0.15) is 0 Å². The monoisotopic (exact) mass is 659 g/mol. The van der Waals surface area contributed by atoms with Crippen molar-refractivity contribution in [1.82, 2.24) is 15.0 Å². The van der Waals surface area contributed by atoms with E-state index in [9.17, 15) is 0 Å². The van der Waals surface area contributed by atoms with E-state index in [1.54, 1.807) is 11.3 Å². The summed E-state index contributed by atoms with van der Waals surface area (Å²) in [5.41, 5.74) is 12.6. The van der Waals surface area contributed by atoms with Gasteiger partial charge >= 0.3 is 0 Å². The van der Waals surface area contributed by atoms with Crippen molar-refractivity contribution in [2.75, 3.05) is 0 Å². The Kier molecular flexibility index (Phi) is 7.33. The Morgan fingerprint density at radius 2 is 0.840 bits per heavy atom. The normalized spacial score (nSPS) is 12.8. The highest BCUT2D eigenvalue weighted by molar-refractivity contribution is 7.19. The highest BCUT2D eigenvalue weighted by atomic mass is 32.1. The molecule has 4 heteroatoms. The quantitative estimate of drug-likeness (QED) is 0.178. The van der Waals surface area contributed by atoms with E-state index >= 15 is 0 Å². The minimum Gasteiger partial charge on any atom is -0.208 e. The van der Waals surface area contributed by atoms with E-state index in [2.05, 4.69) is 159 Å². The fourth-order valence-electron chi connectivity index (χ4n) is 7.29. The van der Waals surface area contributed by atoms with Gasteiger partial charge in [0.2, 0.25) is 0 Å². The van der Waals surface area contributed by atoms with Crippen molar-refractivity contribution in [2.24, 2.45) is 0 Å². The molecule has 1 aliphatic rings. The number of nitrogens with zero attached hydrogens (tertiary/aromatic N) is 3. The Morgan fingerprint density at radius 1 is 0.400 bits per heavy atom. The van der Waals surface area contributed by atoms with Gasteiger partial charge in [0.05, 0.1) is 4.88 Å². The molecule has 0 amide bonds. The third-order valence-corrected chi connectivity index (χ3v) is 10.9. The molecule has 0 fully saturated rings. The maximum atomic E-state index is 5.36. The molecule has 6 aromatic carbocycles. The summed E-state index contributed by atoms with van der Waals surface area (Å²) in [7, 11) is 0. The Morgan fingerprint density at radius 3 is 1.42 bits per heavy atom. The summed E-state index contributed by atoms with van der Waals surface area (Å²) >= 11 is 1.80. The smallest absolute Gasteiger partial charge is 0.174 e. The number of rotatable bonds is 6. The van der Waals surface area contributed by atoms with Crippen molar-refractivity contribution < 1.29 is 0 Å². The van der Waals surface area contributed by atoms with Gasteiger partial charge in [-0.05, 0) is 62.7 Å². The van der Waals surface area contributed by atoms with Crippen molar-refractivity contribution in [2.45, 2.75) is 19.3 Å². The van der Waals surface area contributed by atoms with Crippen LogP contribution in [0, 0.1) is 0 Å². The number of benzene rings is 6. The van der Waals surface area contributed by atoms with Gasteiger partial charge in [0, 0.05) is 27.0 Å². The molecule has 0 saturated heterocycles. The van der Waals surface area contributed by atoms with Crippen LogP contribution in [-0.4, -0.2) is 15.0 Å². The minimum atomic E-state index is -0.182. The molecule has 0 bridgehead atoms. The lowest BCUT2D eigenvalue weighted by atomic mass is 9.79. The molecule has 1 aliphatic carbocycles. The van der Waals surface area contributed by atoms with E-state index in [1.807, 2.05) is 18.2 Å². The van der Waals surface area contributed by atoms with E-state index in [0.717, 1.165) is 38.3 Å². The third kappa shape index (κ3) is 5.17. The molecular weight excluding hydrogens is 627 g/mol. The predicted octanol–water partition coefficient (Wildman–Crippen LogP) is 12.2. The fraction of sp³-hybridized carbons (Fsp3) is 0.0652. The largest absolute Gasteiger partial charge is 0.208 e. The molecule has 0 radical (unpaired) electrons. The van der Waals surface area contributed by atoms with Gasteiger partial charge in [-0.2, -0.15) is 0 Å². The Hall–Kier alpha value is -5.97. The lowest BCUT2D eigenvalue weighted by Crippen LogP contribution is -2.15. The van der Waals surface area contributed by atoms with E-state index in [4.69, 9.17) is 15.0 Å². The summed E-state index contributed by atoms with van der Waals surface area (Å²) in [6, 6.07) is 57.5. The molecule has 0 unspecified atom stereocenters. The SMILES string of the molecule is CC1(C)c2ccccc2-c2sc(-c3nc(-c4ccccc4)nc(-c4cc(-c5ccccc5)cc(-c5ccccc5)c4)n3)c(-c3ccccc3)c21. The molecule has 50 heavy (non-hydrogen) atoms. The first-order valence-corrected chi connectivity index (χ1v) is 17.8. The van der Waals surface area contributed by atoms with Gasteiger partial charge in [0.15, 0.2) is 17.5 Å². The third-order valence-electron chi connectivity index (χ3n) is 9.72. The maximum absolute atomic E-state index is 5.36. The van der Waals surface area contributed by atoms with Crippen molar-refractivity contribution in [1.29, 1.82) is 0 Å². The molecule has 0 spiro atoms. The first-order valence-electron chi connectivity index (χ1n) is 17.0. The van der Waals surface area contributed by atoms with Crippen molar-refractivity contribution >= 4 is 11.3 Å². The summed E-state index contributed by atoms with van der Waals surface area (Å²) in [6.45, 7) is 4.68. The summed E-state index contributed by atoms with van der Waals surface area (Å²) in [4.78, 5) is 18.1. The Balaban J connectivity index is 1.32. The van der Waals surface area contributed by atoms with E-state index < -0.39 is 0 Å². The van der Waals surface area contributed by atoms with E-state index in [-0.39, 0.29) is 5.41 Å². The molecule has 0 N–H and O–H groups in total. The van der Waals surface area contributed by atoms with Crippen LogP contribution in [0.4, 0.5) is 0 Å². The van der Waals surface area contributed by atoms with Gasteiger partial charge < -0.3 is 0 Å². The zero-order valence-corrected chi connectivity index (χ0v) is 28.7. The molecule has 0 atom stereocenters. The average molecular weight is 660 g/mol. The summed E-state index contributed by atoms with van der Waals surface area (Å²) in [5.74, 6) is 1.99. The second kappa shape index (κ2) is 12.2. The lowest BCUT2D eigenvalue weighted by Gasteiger charge is -2.23. The standard InChI is InChI=1S/C46H33N3S/c1-46(2)38-26-16-15-25-37(38)41-40(46)39(32-21-11-5-12-22-32)42(50-41)45-48-43(33-23-13-6-14-24-33)47-44(49-45)36-28-34(30-17-7-3-8-18-30)27-35(29-36)31-19-9-4-10-20-31/h3-29H,1-2H3. The van der Waals surface area contributed by atoms with Crippen molar-refractivity contribution in [3.63, 3.8) is 0 Å². The molecule has 2 heterocycles. The number of fused-ring (bicyclic) bond motifs is 3. The van der Waals surface area contributed by atoms with Crippen LogP contribution in [0.5, 0.6) is 0 Å². The Bertz CT molecular complexity index is 2430. The molecule has 0 saturated carbocycles. The first kappa shape index (κ1) is 30.1. The van der Waals surface area contributed by atoms with E-state index in [0.29, 0.717) is 17.5 Å². The molecule has 9 rings (SSSR count). The van der Waals surface area contributed by atoms with Crippen LogP contribution in [0.15, 0.2) is 164 Å². The van der Waals surface area contributed by atoms with Crippen LogP contribution in [0.2, 0.25) is 0 Å². The molecule has 3 nitrogen and oxygen atoms in total. The molecule has 2 aromatic heterocycles. The van der Waals surface area contributed by atoms with Gasteiger partial charge in [0.25, 0.3) is 0 Å². The van der Waals surface area contributed by atoms with Crippen LogP contribution in [0.3, 0.4) is 0 Å². The number of hydrogen-bond acceptors (Lipinski definition) is 4.